The smallest absolute Gasteiger partial charge is 0.261 e. The van der Waals surface area contributed by atoms with Crippen molar-refractivity contribution in [1.82, 2.24) is 20.1 Å². The monoisotopic (exact) mass is 427 g/mol. The number of aromatic nitrogens is 3. The molecule has 1 aliphatic heterocycles. The van der Waals surface area contributed by atoms with Crippen LogP contribution in [-0.2, 0) is 6.54 Å². The molecule has 2 aromatic heterocycles. The van der Waals surface area contributed by atoms with Crippen molar-refractivity contribution in [2.24, 2.45) is 0 Å². The summed E-state index contributed by atoms with van der Waals surface area (Å²) in [5, 5.41) is 13.7. The zero-order valence-corrected chi connectivity index (χ0v) is 16.4. The number of nitrogens with zero attached hydrogens (tertiary/aromatic N) is 4. The van der Waals surface area contributed by atoms with Gasteiger partial charge < -0.3 is 5.32 Å². The van der Waals surface area contributed by atoms with E-state index in [4.69, 9.17) is 11.6 Å². The zero-order chi connectivity index (χ0) is 19.3. The molecule has 5 rings (SSSR count). The lowest BCUT2D eigenvalue weighted by Crippen LogP contribution is -2.29. The van der Waals surface area contributed by atoms with Gasteiger partial charge >= 0.3 is 0 Å². The number of carbonyl (C=O) groups excluding carboxylic acids is 2. The molecule has 0 radical (unpaired) electrons. The summed E-state index contributed by atoms with van der Waals surface area (Å²) < 4.78 is 0.964. The van der Waals surface area contributed by atoms with E-state index in [1.54, 1.807) is 30.3 Å². The van der Waals surface area contributed by atoms with Gasteiger partial charge in [-0.2, -0.15) is 0 Å². The van der Waals surface area contributed by atoms with Gasteiger partial charge in [0.05, 0.1) is 27.9 Å². The maximum Gasteiger partial charge on any atom is 0.261 e. The number of fused-ring (bicyclic) bond motifs is 2. The van der Waals surface area contributed by atoms with Gasteiger partial charge in [0.15, 0.2) is 5.13 Å². The molecule has 0 saturated heterocycles. The van der Waals surface area contributed by atoms with Crippen molar-refractivity contribution in [1.29, 1.82) is 0 Å². The molecule has 1 N–H and O–H groups in total. The average molecular weight is 428 g/mol. The van der Waals surface area contributed by atoms with E-state index in [2.05, 4.69) is 20.5 Å². The Bertz CT molecular complexity index is 1220. The Morgan fingerprint density at radius 3 is 2.46 bits per heavy atom. The fraction of sp³-hybridized carbons (Fsp3) is 0.0556. The lowest BCUT2D eigenvalue weighted by Gasteiger charge is -2.10. The second-order valence-corrected chi connectivity index (χ2v) is 8.53. The van der Waals surface area contributed by atoms with Gasteiger partial charge in [-0.25, -0.2) is 4.98 Å². The van der Waals surface area contributed by atoms with E-state index in [0.717, 1.165) is 10.2 Å². The average Bonchev–Trinajstić information content (AvgIpc) is 3.36. The molecule has 0 bridgehead atoms. The molecule has 2 amide bonds. The first-order valence-corrected chi connectivity index (χ1v) is 10.2. The van der Waals surface area contributed by atoms with Crippen LogP contribution >= 0.6 is 34.3 Å². The number of imide groups is 1. The number of hydrogen-bond donors (Lipinski definition) is 1. The third kappa shape index (κ3) is 2.93. The van der Waals surface area contributed by atoms with Gasteiger partial charge in [0.1, 0.15) is 5.01 Å². The van der Waals surface area contributed by atoms with Crippen LogP contribution in [0.5, 0.6) is 0 Å². The van der Waals surface area contributed by atoms with Gasteiger partial charge in [-0.3, -0.25) is 14.5 Å². The molecule has 4 aromatic rings. The fourth-order valence-corrected chi connectivity index (χ4v) is 4.86. The summed E-state index contributed by atoms with van der Waals surface area (Å²) in [5.41, 5.74) is 1.68. The maximum absolute atomic E-state index is 12.5. The summed E-state index contributed by atoms with van der Waals surface area (Å²) in [6.07, 6.45) is 0. The molecule has 1 aliphatic rings. The second kappa shape index (κ2) is 6.62. The van der Waals surface area contributed by atoms with Crippen molar-refractivity contribution in [3.63, 3.8) is 0 Å². The van der Waals surface area contributed by atoms with Crippen LogP contribution in [-0.4, -0.2) is 31.9 Å². The van der Waals surface area contributed by atoms with Crippen LogP contribution in [0.4, 0.5) is 10.3 Å². The molecule has 0 unspecified atom stereocenters. The molecule has 7 nitrogen and oxygen atoms in total. The summed E-state index contributed by atoms with van der Waals surface area (Å²) >= 11 is 8.73. The standard InChI is InChI=1S/C18H10ClN5O2S2/c19-9-5-6-12-13(7-9)27-17(20-12)21-18-23-22-14(28-18)8-24-15(25)10-3-1-2-4-11(10)16(24)26/h1-7H,8H2,(H,20,21,23). The number of carbonyl (C=O) groups is 2. The van der Waals surface area contributed by atoms with Gasteiger partial charge in [0, 0.05) is 5.02 Å². The Kier molecular flexibility index (Phi) is 4.08. The molecule has 0 aliphatic carbocycles. The van der Waals surface area contributed by atoms with E-state index in [-0.39, 0.29) is 18.4 Å². The maximum atomic E-state index is 12.5. The lowest BCUT2D eigenvalue weighted by atomic mass is 10.1. The molecule has 0 atom stereocenters. The van der Waals surface area contributed by atoms with Crippen molar-refractivity contribution in [2.45, 2.75) is 6.54 Å². The van der Waals surface area contributed by atoms with Crippen molar-refractivity contribution >= 4 is 66.6 Å². The molecule has 138 valence electrons. The molecular weight excluding hydrogens is 418 g/mol. The summed E-state index contributed by atoms with van der Waals surface area (Å²) in [4.78, 5) is 30.6. The van der Waals surface area contributed by atoms with Crippen molar-refractivity contribution in [2.75, 3.05) is 5.32 Å². The highest BCUT2D eigenvalue weighted by Crippen LogP contribution is 2.32. The van der Waals surface area contributed by atoms with E-state index in [1.165, 1.54) is 27.6 Å². The van der Waals surface area contributed by atoms with E-state index < -0.39 is 0 Å². The zero-order valence-electron chi connectivity index (χ0n) is 14.0. The van der Waals surface area contributed by atoms with Crippen LogP contribution in [0, 0.1) is 0 Å². The van der Waals surface area contributed by atoms with Gasteiger partial charge in [0.2, 0.25) is 5.13 Å². The van der Waals surface area contributed by atoms with E-state index in [0.29, 0.717) is 31.4 Å². The quantitative estimate of drug-likeness (QED) is 0.487. The minimum Gasteiger partial charge on any atom is -0.306 e. The first kappa shape index (κ1) is 17.2. The number of halogens is 1. The SMILES string of the molecule is O=C1c2ccccc2C(=O)N1Cc1nnc(Nc2nc3ccc(Cl)cc3s2)s1. The largest absolute Gasteiger partial charge is 0.306 e. The van der Waals surface area contributed by atoms with Gasteiger partial charge in [-0.05, 0) is 30.3 Å². The van der Waals surface area contributed by atoms with Crippen LogP contribution < -0.4 is 5.32 Å². The molecule has 3 heterocycles. The number of nitrogens with one attached hydrogen (secondary N) is 1. The van der Waals surface area contributed by atoms with Gasteiger partial charge in [-0.15, -0.1) is 10.2 Å². The summed E-state index contributed by atoms with van der Waals surface area (Å²) in [7, 11) is 0. The Morgan fingerprint density at radius 1 is 0.964 bits per heavy atom. The Balaban J connectivity index is 1.34. The third-order valence-electron chi connectivity index (χ3n) is 4.20. The van der Waals surface area contributed by atoms with Crippen LogP contribution in [0.15, 0.2) is 42.5 Å². The predicted octanol–water partition coefficient (Wildman–Crippen LogP) is 4.34. The van der Waals surface area contributed by atoms with Gasteiger partial charge in [-0.1, -0.05) is 46.4 Å². The minimum atomic E-state index is -0.312. The molecule has 10 heteroatoms. The minimum absolute atomic E-state index is 0.0845. The number of anilines is 2. The first-order chi connectivity index (χ1) is 13.6. The highest BCUT2D eigenvalue weighted by Gasteiger charge is 2.35. The topological polar surface area (TPSA) is 88.1 Å². The van der Waals surface area contributed by atoms with E-state index in [9.17, 15) is 9.59 Å². The number of thiazole rings is 1. The Labute approximate surface area is 171 Å². The number of rotatable bonds is 4. The third-order valence-corrected chi connectivity index (χ3v) is 6.19. The van der Waals surface area contributed by atoms with Crippen molar-refractivity contribution < 1.29 is 9.59 Å². The Hall–Kier alpha value is -2.88. The highest BCUT2D eigenvalue weighted by molar-refractivity contribution is 7.22. The van der Waals surface area contributed by atoms with Crippen LogP contribution in [0.25, 0.3) is 10.2 Å². The molecule has 0 saturated carbocycles. The van der Waals surface area contributed by atoms with Crippen LogP contribution in [0.1, 0.15) is 25.7 Å². The molecule has 28 heavy (non-hydrogen) atoms. The normalized spacial score (nSPS) is 13.4. The molecule has 0 spiro atoms. The lowest BCUT2D eigenvalue weighted by molar-refractivity contribution is 0.0642. The molecular formula is C18H10ClN5O2S2. The molecule has 2 aromatic carbocycles. The van der Waals surface area contributed by atoms with E-state index >= 15 is 0 Å². The molecule has 0 fully saturated rings. The summed E-state index contributed by atoms with van der Waals surface area (Å²) in [6.45, 7) is 0.0845. The first-order valence-electron chi connectivity index (χ1n) is 8.19. The van der Waals surface area contributed by atoms with Crippen LogP contribution in [0.2, 0.25) is 5.02 Å². The Morgan fingerprint density at radius 2 is 1.71 bits per heavy atom. The van der Waals surface area contributed by atoms with Gasteiger partial charge in [0.25, 0.3) is 11.8 Å². The summed E-state index contributed by atoms with van der Waals surface area (Å²) in [5.74, 6) is -0.623. The second-order valence-electron chi connectivity index (χ2n) is 6.00. The number of amides is 2. The fourth-order valence-electron chi connectivity index (χ4n) is 2.93. The van der Waals surface area contributed by atoms with Crippen molar-refractivity contribution in [3.05, 3.63) is 63.6 Å². The number of benzene rings is 2. The van der Waals surface area contributed by atoms with Crippen LogP contribution in [0.3, 0.4) is 0 Å². The number of hydrogen-bond acceptors (Lipinski definition) is 8. The highest BCUT2D eigenvalue weighted by atomic mass is 35.5. The van der Waals surface area contributed by atoms with E-state index in [1.807, 2.05) is 12.1 Å². The predicted molar refractivity (Wildman–Crippen MR) is 108 cm³/mol. The van der Waals surface area contributed by atoms with Crippen molar-refractivity contribution in [3.8, 4) is 0 Å². The summed E-state index contributed by atoms with van der Waals surface area (Å²) in [6, 6.07) is 12.3.